The van der Waals surface area contributed by atoms with Crippen LogP contribution in [0.4, 0.5) is 0 Å². The number of ketones is 1. The first-order valence-electron chi connectivity index (χ1n) is 10.3. The zero-order valence-corrected chi connectivity index (χ0v) is 18.2. The first-order valence-corrected chi connectivity index (χ1v) is 12.5. The molecule has 0 unspecified atom stereocenters. The molecule has 0 saturated carbocycles. The van der Waals surface area contributed by atoms with Gasteiger partial charge in [-0.15, -0.1) is 0 Å². The van der Waals surface area contributed by atoms with Crippen LogP contribution in [-0.2, 0) is 0 Å². The Bertz CT molecular complexity index is 1080. The van der Waals surface area contributed by atoms with Crippen molar-refractivity contribution < 1.29 is 4.79 Å². The SMILES string of the molecule is O=C(C#CNC[PH](c1ccccc1)(c1ccccc1)c1ccccc1)c1ccccc1. The van der Waals surface area contributed by atoms with Gasteiger partial charge in [0.05, 0.1) is 0 Å². The van der Waals surface area contributed by atoms with Gasteiger partial charge in [0.15, 0.2) is 0 Å². The zero-order chi connectivity index (χ0) is 21.4. The molecule has 1 N–H and O–H groups in total. The molecule has 0 fully saturated rings. The Hall–Kier alpha value is -3.66. The number of rotatable bonds is 6. The van der Waals surface area contributed by atoms with Crippen molar-refractivity contribution in [3.63, 3.8) is 0 Å². The molecule has 0 heterocycles. The number of hydrogen-bond acceptors (Lipinski definition) is 2. The van der Waals surface area contributed by atoms with Gasteiger partial charge in [-0.2, -0.15) is 0 Å². The molecule has 4 rings (SSSR count). The molecule has 152 valence electrons. The van der Waals surface area contributed by atoms with Crippen LogP contribution in [0.2, 0.25) is 0 Å². The van der Waals surface area contributed by atoms with Gasteiger partial charge in [-0.25, -0.2) is 0 Å². The van der Waals surface area contributed by atoms with Gasteiger partial charge in [0.1, 0.15) is 0 Å². The molecule has 0 bridgehead atoms. The molecule has 0 aliphatic heterocycles. The summed E-state index contributed by atoms with van der Waals surface area (Å²) in [5.74, 6) is 2.57. The fourth-order valence-electron chi connectivity index (χ4n) is 3.91. The maximum absolute atomic E-state index is 12.4. The van der Waals surface area contributed by atoms with Crippen LogP contribution in [0.15, 0.2) is 121 Å². The molecule has 0 aliphatic rings. The van der Waals surface area contributed by atoms with Crippen LogP contribution < -0.4 is 21.2 Å². The molecular weight excluding hydrogens is 397 g/mol. The van der Waals surface area contributed by atoms with Crippen molar-refractivity contribution in [2.75, 3.05) is 6.29 Å². The minimum atomic E-state index is -2.40. The van der Waals surface area contributed by atoms with Crippen molar-refractivity contribution in [3.8, 4) is 12.0 Å². The Morgan fingerprint density at radius 3 is 1.42 bits per heavy atom. The van der Waals surface area contributed by atoms with Crippen molar-refractivity contribution in [2.45, 2.75) is 0 Å². The van der Waals surface area contributed by atoms with Crippen LogP contribution in [-0.4, -0.2) is 12.1 Å². The fourth-order valence-corrected chi connectivity index (χ4v) is 8.16. The summed E-state index contributed by atoms with van der Waals surface area (Å²) in [6.07, 6.45) is 0.667. The Morgan fingerprint density at radius 2 is 1.00 bits per heavy atom. The van der Waals surface area contributed by atoms with Gasteiger partial charge in [-0.05, 0) is 0 Å². The Morgan fingerprint density at radius 1 is 0.613 bits per heavy atom. The topological polar surface area (TPSA) is 29.1 Å². The summed E-state index contributed by atoms with van der Waals surface area (Å²) < 4.78 is 0. The molecule has 0 atom stereocenters. The standard InChI is InChI=1S/C28H24NOP/c30-28(24-13-5-1-6-14-24)21-22-29-23-31(25-15-7-2-8-16-25,26-17-9-3-10-18-26)27-19-11-4-12-20-27/h1-20,29,31H,23H2. The molecule has 0 aromatic heterocycles. The number of benzene rings is 4. The second-order valence-electron chi connectivity index (χ2n) is 7.30. The summed E-state index contributed by atoms with van der Waals surface area (Å²) in [5.41, 5.74) is 0.606. The van der Waals surface area contributed by atoms with Crippen LogP contribution in [0.25, 0.3) is 0 Å². The quantitative estimate of drug-likeness (QED) is 0.220. The molecular formula is C28H24NOP. The molecule has 0 aliphatic carbocycles. The van der Waals surface area contributed by atoms with Crippen molar-refractivity contribution in [1.29, 1.82) is 0 Å². The summed E-state index contributed by atoms with van der Waals surface area (Å²) in [4.78, 5) is 12.4. The third-order valence-corrected chi connectivity index (χ3v) is 10.1. The van der Waals surface area contributed by atoms with Crippen molar-refractivity contribution in [2.24, 2.45) is 0 Å². The summed E-state index contributed by atoms with van der Waals surface area (Å²) in [6.45, 7) is 0. The van der Waals surface area contributed by atoms with Crippen LogP contribution in [0.1, 0.15) is 10.4 Å². The first kappa shape index (κ1) is 20.6. The van der Waals surface area contributed by atoms with E-state index >= 15 is 0 Å². The van der Waals surface area contributed by atoms with Crippen LogP contribution in [0.3, 0.4) is 0 Å². The third-order valence-electron chi connectivity index (χ3n) is 5.45. The van der Waals surface area contributed by atoms with E-state index in [2.05, 4.69) is 90.1 Å². The van der Waals surface area contributed by atoms with E-state index in [-0.39, 0.29) is 5.78 Å². The molecule has 3 heteroatoms. The van der Waals surface area contributed by atoms with Gasteiger partial charge in [-0.3, -0.25) is 0 Å². The molecule has 4 aromatic carbocycles. The molecule has 31 heavy (non-hydrogen) atoms. The maximum atomic E-state index is 12.4. The fraction of sp³-hybridized carbons (Fsp3) is 0.0357. The van der Waals surface area contributed by atoms with E-state index in [9.17, 15) is 4.79 Å². The van der Waals surface area contributed by atoms with Gasteiger partial charge >= 0.3 is 184 Å². The van der Waals surface area contributed by atoms with E-state index in [1.807, 2.05) is 36.4 Å². The summed E-state index contributed by atoms with van der Waals surface area (Å²) in [5, 5.41) is 7.21. The third kappa shape index (κ3) is 4.58. The van der Waals surface area contributed by atoms with Crippen molar-refractivity contribution in [3.05, 3.63) is 127 Å². The van der Waals surface area contributed by atoms with Crippen LogP contribution >= 0.6 is 7.26 Å². The number of Topliss-reactive ketones (excluding diaryl/α,β-unsaturated/α-hetero) is 1. The van der Waals surface area contributed by atoms with E-state index in [4.69, 9.17) is 0 Å². The zero-order valence-electron chi connectivity index (χ0n) is 17.2. The number of nitrogens with one attached hydrogen (secondary N) is 1. The van der Waals surface area contributed by atoms with Crippen LogP contribution in [0, 0.1) is 12.0 Å². The predicted molar refractivity (Wildman–Crippen MR) is 133 cm³/mol. The number of carbonyl (C=O) groups is 1. The number of hydrogen-bond donors (Lipinski definition) is 1. The van der Waals surface area contributed by atoms with E-state index in [0.717, 1.165) is 0 Å². The normalized spacial score (nSPS) is 11.1. The molecule has 2 nitrogen and oxygen atoms in total. The van der Waals surface area contributed by atoms with Gasteiger partial charge in [-0.1, -0.05) is 0 Å². The van der Waals surface area contributed by atoms with E-state index in [1.165, 1.54) is 15.9 Å². The van der Waals surface area contributed by atoms with Gasteiger partial charge in [0.25, 0.3) is 0 Å². The Balaban J connectivity index is 1.73. The Kier molecular flexibility index (Phi) is 6.58. The van der Waals surface area contributed by atoms with Gasteiger partial charge in [0.2, 0.25) is 0 Å². The van der Waals surface area contributed by atoms with E-state index in [1.54, 1.807) is 12.1 Å². The summed E-state index contributed by atoms with van der Waals surface area (Å²) >= 11 is 0. The molecule has 0 spiro atoms. The van der Waals surface area contributed by atoms with E-state index < -0.39 is 7.26 Å². The second-order valence-corrected chi connectivity index (χ2v) is 11.2. The minimum absolute atomic E-state index is 0.181. The molecule has 4 aromatic rings. The first-order chi connectivity index (χ1) is 15.3. The van der Waals surface area contributed by atoms with Crippen molar-refractivity contribution in [1.82, 2.24) is 5.32 Å². The van der Waals surface area contributed by atoms with Crippen molar-refractivity contribution >= 4 is 29.0 Å². The average molecular weight is 421 g/mol. The molecule has 0 radical (unpaired) electrons. The summed E-state index contributed by atoms with van der Waals surface area (Å²) in [6, 6.07) is 44.0. The molecule has 0 saturated heterocycles. The van der Waals surface area contributed by atoms with Gasteiger partial charge in [0, 0.05) is 0 Å². The summed E-state index contributed by atoms with van der Waals surface area (Å²) in [7, 11) is -2.40. The van der Waals surface area contributed by atoms with Crippen LogP contribution in [0.5, 0.6) is 0 Å². The molecule has 0 amide bonds. The average Bonchev–Trinajstić information content (AvgIpc) is 2.86. The monoisotopic (exact) mass is 421 g/mol. The van der Waals surface area contributed by atoms with Gasteiger partial charge < -0.3 is 0 Å². The predicted octanol–water partition coefficient (Wildman–Crippen LogP) is 4.10. The number of carbonyl (C=O) groups excluding carboxylic acids is 1. The second kappa shape index (κ2) is 9.90. The van der Waals surface area contributed by atoms with E-state index in [0.29, 0.717) is 11.8 Å². The Labute approximate surface area is 184 Å².